The van der Waals surface area contributed by atoms with Crippen molar-refractivity contribution in [1.82, 2.24) is 60.0 Å². The Morgan fingerprint density at radius 2 is 0.403 bits per heavy atom. The van der Waals surface area contributed by atoms with Crippen molar-refractivity contribution in [3.8, 4) is 23.0 Å². The molecule has 0 amide bonds. The number of aliphatic hydroxyl groups excluding tert-OH is 16. The van der Waals surface area contributed by atoms with Gasteiger partial charge in [-0.15, -0.1) is 20.4 Å². The lowest BCUT2D eigenvalue weighted by Gasteiger charge is -2.39. The zero-order valence-electron chi connectivity index (χ0n) is 83.0. The third kappa shape index (κ3) is 33.8. The molecule has 8 aromatic rings. The summed E-state index contributed by atoms with van der Waals surface area (Å²) in [6.07, 6.45) is 14.7. The first kappa shape index (κ1) is 113. The van der Waals surface area contributed by atoms with Crippen molar-refractivity contribution in [3.05, 3.63) is 165 Å². The molecule has 20 atom stereocenters. The number of aliphatic hydroxyl groups is 16. The molecule has 4 aromatic carbocycles. The van der Waals surface area contributed by atoms with E-state index in [0.717, 1.165) is 273 Å². The second-order valence-corrected chi connectivity index (χ2v) is 39.0. The molecule has 4 fully saturated rings. The van der Waals surface area contributed by atoms with E-state index in [-0.39, 0.29) is 26.4 Å². The molecule has 4 saturated heterocycles. The molecule has 1 aliphatic carbocycles. The lowest BCUT2D eigenvalue weighted by molar-refractivity contribution is -0.304. The quantitative estimate of drug-likeness (QED) is 0.0174. The van der Waals surface area contributed by atoms with Gasteiger partial charge in [0.15, 0.2) is 25.2 Å². The van der Waals surface area contributed by atoms with Crippen LogP contribution in [0, 0.1) is 0 Å². The topological polar surface area (TPSA) is 557 Å². The van der Waals surface area contributed by atoms with Gasteiger partial charge in [-0.05, 0) is 95.9 Å². The number of para-hydroxylation sites is 4. The lowest BCUT2D eigenvalue weighted by atomic mass is 9.91. The van der Waals surface area contributed by atoms with E-state index in [1.54, 1.807) is 43.5 Å². The summed E-state index contributed by atoms with van der Waals surface area (Å²) < 4.78 is 80.4. The second kappa shape index (κ2) is 60.4. The van der Waals surface area contributed by atoms with Gasteiger partial charge >= 0.3 is 0 Å². The standard InChI is InChI=1S/C104H156N12O28/c117-61-81-85(121)89(125)93(129)101(141-81)137-65-77-57-113(109-105-77)45-25-17-9-1-5-13-21-29-49-133-97-69-37-33-38-70(97)54-72-40-35-42-74(99(72)135-51-31-23-15-7-3-11-19-27-47-115-59-79(107-111-115)67-139-103-95(131)91(127)87(123)83(63-119)143-103)56-76-44-36-43-75(100(76)136-52-32-24-16-8-4-12-20-28-48-116-60-80(108-112-116)68-140-104-96(132)92(128)88(124)84(64-120)144-104)55-73-41-34-39-71(53-69)98(73)134-50-30-22-14-6-2-10-18-26-46-114-58-78(106-110-114)66-138-102-94(130)90(126)86(122)82(62-118)142-102/h33-44,57-60,81-96,101-104,117-132H,1-32,45-56,61-68H2/t81-,82-,83-,84-,85-,86-,87-,88-,89+,90+,91+,92+,93-,94-,95-,96-,101-,102-,103-,104-/m1/s1. The summed E-state index contributed by atoms with van der Waals surface area (Å²) in [5, 5.41) is 195. The molecule has 0 spiro atoms. The van der Waals surface area contributed by atoms with Crippen LogP contribution in [0.2, 0.25) is 0 Å². The van der Waals surface area contributed by atoms with Gasteiger partial charge in [0.05, 0.1) is 104 Å². The van der Waals surface area contributed by atoms with E-state index in [4.69, 9.17) is 56.8 Å². The maximum absolute atomic E-state index is 10.4. The van der Waals surface area contributed by atoms with Crippen LogP contribution in [-0.2, 0) is 116 Å². The molecule has 800 valence electrons. The monoisotopic (exact) mass is 2020 g/mol. The molecule has 13 rings (SSSR count). The van der Waals surface area contributed by atoms with Crippen LogP contribution in [0.1, 0.15) is 273 Å². The summed E-state index contributed by atoms with van der Waals surface area (Å²) in [6.45, 7) is 2.50. The van der Waals surface area contributed by atoms with Gasteiger partial charge in [0, 0.05) is 51.9 Å². The van der Waals surface area contributed by atoms with Crippen molar-refractivity contribution in [1.29, 1.82) is 0 Å². The van der Waals surface area contributed by atoms with E-state index in [1.807, 2.05) is 0 Å². The molecule has 0 radical (unpaired) electrons. The normalized spacial score (nSPS) is 25.1. The average Bonchev–Trinajstić information content (AvgIpc) is 0.903. The SMILES string of the molecule is OC[C@H]1O[C@@H](OCc2cn(CCCCCCCCCCOc3c4cccc3Cc3cccc(c3OCCCCCCCCCCn3cc(CO[C@@H]5O[C@H](CO)[C@@H](O)[C@H](O)[C@H]5O)nn3)Cc3cccc(c3OCCCCCCCCCCn3cc(CO[C@@H]5O[C@H](CO)[C@@H](O)[C@H](O)[C@H]5O)nn3)Cc3cccc(c3OCCCCCCCCCCn3cc(CO[C@@H]5O[C@H](CO)[C@@H](O)[C@H](O)[C@H]5O)nn3)C4)nn2)[C@H](O)[C@@H](O)[C@@H]1O. The van der Waals surface area contributed by atoms with Crippen LogP contribution >= 0.6 is 0 Å². The number of fused-ring (bicyclic) bond motifs is 8. The highest BCUT2D eigenvalue weighted by Crippen LogP contribution is 2.41. The zero-order chi connectivity index (χ0) is 101. The number of aromatic nitrogens is 12. The van der Waals surface area contributed by atoms with Gasteiger partial charge in [0.25, 0.3) is 0 Å². The highest BCUT2D eigenvalue weighted by Gasteiger charge is 2.48. The molecular weight excluding hydrogens is 1870 g/mol. The maximum Gasteiger partial charge on any atom is 0.187 e. The molecule has 144 heavy (non-hydrogen) atoms. The molecule has 40 nitrogen and oxygen atoms in total. The van der Waals surface area contributed by atoms with Crippen LogP contribution in [0.3, 0.4) is 0 Å². The molecule has 8 bridgehead atoms. The Hall–Kier alpha value is -8.32. The number of hydrogen-bond donors (Lipinski definition) is 16. The van der Waals surface area contributed by atoms with Crippen molar-refractivity contribution in [2.24, 2.45) is 0 Å². The number of nitrogens with zero attached hydrogens (tertiary/aromatic N) is 12. The molecule has 5 aliphatic rings. The first-order valence-electron chi connectivity index (χ1n) is 52.4. The van der Waals surface area contributed by atoms with Gasteiger partial charge in [-0.3, -0.25) is 18.7 Å². The van der Waals surface area contributed by atoms with Gasteiger partial charge in [-0.2, -0.15) is 0 Å². The number of aryl methyl sites for hydroxylation is 4. The third-order valence-electron chi connectivity index (χ3n) is 27.7. The molecule has 4 aliphatic heterocycles. The first-order valence-corrected chi connectivity index (χ1v) is 52.4. The van der Waals surface area contributed by atoms with Gasteiger partial charge in [0.2, 0.25) is 0 Å². The van der Waals surface area contributed by atoms with Gasteiger partial charge in [0.1, 0.15) is 143 Å². The number of rotatable bonds is 64. The van der Waals surface area contributed by atoms with Crippen molar-refractivity contribution in [3.63, 3.8) is 0 Å². The summed E-state index contributed by atoms with van der Waals surface area (Å²) >= 11 is 0. The van der Waals surface area contributed by atoms with Crippen molar-refractivity contribution in [2.45, 2.75) is 407 Å². The summed E-state index contributed by atoms with van der Waals surface area (Å²) in [7, 11) is 0. The number of hydrogen-bond acceptors (Lipinski definition) is 36. The minimum atomic E-state index is -1.54. The van der Waals surface area contributed by atoms with Crippen LogP contribution < -0.4 is 18.9 Å². The fourth-order valence-electron chi connectivity index (χ4n) is 19.2. The van der Waals surface area contributed by atoms with Crippen LogP contribution in [0.15, 0.2) is 97.6 Å². The summed E-state index contributed by atoms with van der Waals surface area (Å²) in [4.78, 5) is 0. The van der Waals surface area contributed by atoms with Crippen LogP contribution in [-0.4, -0.2) is 317 Å². The molecule has 16 N–H and O–H groups in total. The van der Waals surface area contributed by atoms with E-state index >= 15 is 0 Å². The van der Waals surface area contributed by atoms with Crippen molar-refractivity contribution < 1.29 is 139 Å². The molecule has 40 heteroatoms. The molecular formula is C104H156N12O28. The Morgan fingerprint density at radius 3 is 0.583 bits per heavy atom. The van der Waals surface area contributed by atoms with Crippen molar-refractivity contribution in [2.75, 3.05) is 52.9 Å². The Bertz CT molecular complexity index is 4270. The van der Waals surface area contributed by atoms with Crippen molar-refractivity contribution >= 4 is 0 Å². The zero-order valence-corrected chi connectivity index (χ0v) is 83.0. The van der Waals surface area contributed by atoms with E-state index in [1.165, 1.54) is 0 Å². The fraction of sp³-hybridized carbons (Fsp3) is 0.692. The second-order valence-electron chi connectivity index (χ2n) is 39.0. The smallest absolute Gasteiger partial charge is 0.187 e. The van der Waals surface area contributed by atoms with Gasteiger partial charge < -0.3 is 139 Å². The van der Waals surface area contributed by atoms with Crippen LogP contribution in [0.4, 0.5) is 0 Å². The molecule has 4 aromatic heterocycles. The Labute approximate surface area is 841 Å². The Balaban J connectivity index is 0.632. The molecule has 8 heterocycles. The van der Waals surface area contributed by atoms with E-state index in [9.17, 15) is 81.7 Å². The van der Waals surface area contributed by atoms with Crippen LogP contribution in [0.25, 0.3) is 0 Å². The van der Waals surface area contributed by atoms with Crippen LogP contribution in [0.5, 0.6) is 23.0 Å². The average molecular weight is 2020 g/mol. The third-order valence-corrected chi connectivity index (χ3v) is 27.7. The number of benzene rings is 4. The Kier molecular flexibility index (Phi) is 47.3. The maximum atomic E-state index is 10.4. The summed E-state index contributed by atoms with van der Waals surface area (Å²) in [5.74, 6) is 3.54. The van der Waals surface area contributed by atoms with Gasteiger partial charge in [-0.25, -0.2) is 0 Å². The van der Waals surface area contributed by atoms with Gasteiger partial charge in [-0.1, -0.05) is 248 Å². The highest BCUT2D eigenvalue weighted by atomic mass is 16.7. The Morgan fingerprint density at radius 1 is 0.229 bits per heavy atom. The number of ether oxygens (including phenoxy) is 12. The predicted molar refractivity (Wildman–Crippen MR) is 521 cm³/mol. The highest BCUT2D eigenvalue weighted by molar-refractivity contribution is 5.56. The van der Waals surface area contributed by atoms with E-state index in [0.29, 0.717) is 101 Å². The largest absolute Gasteiger partial charge is 0.493 e. The minimum absolute atomic E-state index is 0.0445. The molecule has 0 saturated carbocycles. The molecule has 0 unspecified atom stereocenters. The predicted octanol–water partition coefficient (Wildman–Crippen LogP) is 6.79. The summed E-state index contributed by atoms with van der Waals surface area (Å²) in [6, 6.07) is 26.3. The first-order chi connectivity index (χ1) is 70.3. The fourth-order valence-corrected chi connectivity index (χ4v) is 19.2. The number of unbranched alkanes of at least 4 members (excludes halogenated alkanes) is 28. The lowest BCUT2D eigenvalue weighted by Crippen LogP contribution is -2.59. The van der Waals surface area contributed by atoms with E-state index < -0.39 is 149 Å². The summed E-state index contributed by atoms with van der Waals surface area (Å²) in [5.41, 5.74) is 10.7. The minimum Gasteiger partial charge on any atom is -0.493 e. The van der Waals surface area contributed by atoms with E-state index in [2.05, 4.69) is 114 Å².